The molecule has 1 aromatic carbocycles. The van der Waals surface area contributed by atoms with E-state index in [0.717, 1.165) is 12.1 Å². The number of rotatable bonds is 3. The third-order valence-corrected chi connectivity index (χ3v) is 1.94. The van der Waals surface area contributed by atoms with Crippen LogP contribution < -0.4 is 0 Å². The SMILES string of the molecule is N#Cc1cc(F)cc(C(O)C(O)CO)c1. The number of halogens is 1. The van der Waals surface area contributed by atoms with Crippen LogP contribution in [0.4, 0.5) is 4.39 Å². The van der Waals surface area contributed by atoms with Gasteiger partial charge in [-0.3, -0.25) is 0 Å². The molecule has 1 aromatic rings. The van der Waals surface area contributed by atoms with Crippen molar-refractivity contribution in [2.45, 2.75) is 12.2 Å². The van der Waals surface area contributed by atoms with Crippen LogP contribution in [0.1, 0.15) is 17.2 Å². The second kappa shape index (κ2) is 4.84. The van der Waals surface area contributed by atoms with Crippen LogP contribution >= 0.6 is 0 Å². The van der Waals surface area contributed by atoms with Gasteiger partial charge >= 0.3 is 0 Å². The van der Waals surface area contributed by atoms with E-state index in [1.807, 2.05) is 0 Å². The van der Waals surface area contributed by atoms with E-state index in [1.54, 1.807) is 6.07 Å². The fourth-order valence-corrected chi connectivity index (χ4v) is 1.17. The Kier molecular flexibility index (Phi) is 3.74. The van der Waals surface area contributed by atoms with E-state index in [9.17, 15) is 9.50 Å². The average Bonchev–Trinajstić information content (AvgIpc) is 2.26. The largest absolute Gasteiger partial charge is 0.394 e. The van der Waals surface area contributed by atoms with E-state index in [-0.39, 0.29) is 11.1 Å². The molecule has 0 radical (unpaired) electrons. The monoisotopic (exact) mass is 211 g/mol. The van der Waals surface area contributed by atoms with Crippen molar-refractivity contribution in [1.82, 2.24) is 0 Å². The molecule has 2 atom stereocenters. The van der Waals surface area contributed by atoms with Gasteiger partial charge in [0, 0.05) is 0 Å². The summed E-state index contributed by atoms with van der Waals surface area (Å²) in [7, 11) is 0. The molecule has 0 aromatic heterocycles. The Morgan fingerprint density at radius 2 is 2.00 bits per heavy atom. The van der Waals surface area contributed by atoms with Crippen molar-refractivity contribution in [3.63, 3.8) is 0 Å². The van der Waals surface area contributed by atoms with Crippen LogP contribution in [0.15, 0.2) is 18.2 Å². The van der Waals surface area contributed by atoms with Crippen molar-refractivity contribution < 1.29 is 19.7 Å². The summed E-state index contributed by atoms with van der Waals surface area (Å²) < 4.78 is 12.9. The average molecular weight is 211 g/mol. The zero-order valence-electron chi connectivity index (χ0n) is 7.76. The lowest BCUT2D eigenvalue weighted by Gasteiger charge is -2.15. The number of aliphatic hydroxyl groups excluding tert-OH is 3. The molecule has 0 aliphatic carbocycles. The van der Waals surface area contributed by atoms with Crippen LogP contribution in [0.5, 0.6) is 0 Å². The second-order valence-electron chi connectivity index (χ2n) is 3.08. The molecule has 2 unspecified atom stereocenters. The quantitative estimate of drug-likeness (QED) is 0.661. The van der Waals surface area contributed by atoms with Gasteiger partial charge in [0.2, 0.25) is 0 Å². The highest BCUT2D eigenvalue weighted by atomic mass is 19.1. The number of aliphatic hydroxyl groups is 3. The first-order valence-electron chi connectivity index (χ1n) is 4.26. The lowest BCUT2D eigenvalue weighted by molar-refractivity contribution is -0.0153. The topological polar surface area (TPSA) is 84.5 Å². The first-order chi connectivity index (χ1) is 7.08. The van der Waals surface area contributed by atoms with Crippen molar-refractivity contribution in [2.75, 3.05) is 6.61 Å². The highest BCUT2D eigenvalue weighted by Crippen LogP contribution is 2.19. The van der Waals surface area contributed by atoms with E-state index in [4.69, 9.17) is 15.5 Å². The number of nitrogens with zero attached hydrogens (tertiary/aromatic N) is 1. The van der Waals surface area contributed by atoms with Gasteiger partial charge in [0.15, 0.2) is 0 Å². The summed E-state index contributed by atoms with van der Waals surface area (Å²) in [6.45, 7) is -0.639. The van der Waals surface area contributed by atoms with Crippen molar-refractivity contribution >= 4 is 0 Å². The minimum absolute atomic E-state index is 0.0502. The Hall–Kier alpha value is -1.48. The van der Waals surface area contributed by atoms with Crippen LogP contribution in [-0.4, -0.2) is 28.0 Å². The molecule has 0 amide bonds. The predicted octanol–water partition coefficient (Wildman–Crippen LogP) is 0.0840. The van der Waals surface area contributed by atoms with Gasteiger partial charge in [0.1, 0.15) is 18.0 Å². The molecule has 4 nitrogen and oxygen atoms in total. The second-order valence-corrected chi connectivity index (χ2v) is 3.08. The van der Waals surface area contributed by atoms with E-state index >= 15 is 0 Å². The minimum Gasteiger partial charge on any atom is -0.394 e. The lowest BCUT2D eigenvalue weighted by Crippen LogP contribution is -2.22. The van der Waals surface area contributed by atoms with Crippen molar-refractivity contribution in [2.24, 2.45) is 0 Å². The number of hydrogen-bond acceptors (Lipinski definition) is 4. The normalized spacial score (nSPS) is 14.3. The fraction of sp³-hybridized carbons (Fsp3) is 0.300. The summed E-state index contributed by atoms with van der Waals surface area (Å²) in [5.41, 5.74) is 0.113. The molecule has 0 bridgehead atoms. The molecule has 15 heavy (non-hydrogen) atoms. The highest BCUT2D eigenvalue weighted by Gasteiger charge is 2.18. The Bertz CT molecular complexity index is 389. The van der Waals surface area contributed by atoms with Gasteiger partial charge in [-0.05, 0) is 23.8 Å². The maximum Gasteiger partial charge on any atom is 0.124 e. The molecule has 3 N–H and O–H groups in total. The molecular weight excluding hydrogens is 201 g/mol. The summed E-state index contributed by atoms with van der Waals surface area (Å²) >= 11 is 0. The van der Waals surface area contributed by atoms with E-state index in [2.05, 4.69) is 0 Å². The molecule has 5 heteroatoms. The molecule has 0 aliphatic heterocycles. The Balaban J connectivity index is 3.04. The Morgan fingerprint density at radius 1 is 1.33 bits per heavy atom. The number of nitriles is 1. The molecule has 0 aliphatic rings. The molecule has 80 valence electrons. The van der Waals surface area contributed by atoms with E-state index in [1.165, 1.54) is 6.07 Å². The first kappa shape index (κ1) is 11.6. The van der Waals surface area contributed by atoms with Crippen LogP contribution in [0.2, 0.25) is 0 Å². The smallest absolute Gasteiger partial charge is 0.124 e. The Morgan fingerprint density at radius 3 is 2.53 bits per heavy atom. The molecule has 0 saturated heterocycles. The van der Waals surface area contributed by atoms with Gasteiger partial charge in [-0.25, -0.2) is 4.39 Å². The maximum absolute atomic E-state index is 12.9. The zero-order valence-corrected chi connectivity index (χ0v) is 7.76. The summed E-state index contributed by atoms with van der Waals surface area (Å²) in [6.07, 6.45) is -2.80. The molecular formula is C10H10FNO3. The van der Waals surface area contributed by atoms with E-state index < -0.39 is 24.6 Å². The van der Waals surface area contributed by atoms with Gasteiger partial charge in [-0.1, -0.05) is 0 Å². The van der Waals surface area contributed by atoms with Crippen LogP contribution in [0, 0.1) is 17.1 Å². The van der Waals surface area contributed by atoms with Crippen molar-refractivity contribution in [3.05, 3.63) is 35.1 Å². The molecule has 0 heterocycles. The summed E-state index contributed by atoms with van der Waals surface area (Å²) in [5.74, 6) is -0.673. The van der Waals surface area contributed by atoms with Gasteiger partial charge in [-0.2, -0.15) is 5.26 Å². The molecule has 0 saturated carbocycles. The van der Waals surface area contributed by atoms with Crippen LogP contribution in [-0.2, 0) is 0 Å². The van der Waals surface area contributed by atoms with Gasteiger partial charge < -0.3 is 15.3 Å². The third kappa shape index (κ3) is 2.73. The van der Waals surface area contributed by atoms with Gasteiger partial charge in [0.05, 0.1) is 18.2 Å². The maximum atomic E-state index is 12.9. The molecule has 0 fully saturated rings. The minimum atomic E-state index is -1.40. The third-order valence-electron chi connectivity index (χ3n) is 1.94. The summed E-state index contributed by atoms with van der Waals surface area (Å²) in [6, 6.07) is 5.00. The highest BCUT2D eigenvalue weighted by molar-refractivity contribution is 5.34. The van der Waals surface area contributed by atoms with Crippen molar-refractivity contribution in [3.8, 4) is 6.07 Å². The summed E-state index contributed by atoms with van der Waals surface area (Å²) in [5, 5.41) is 35.7. The standard InChI is InChI=1S/C10H10FNO3/c11-8-2-6(4-12)1-7(3-8)10(15)9(14)5-13/h1-3,9-10,13-15H,5H2. The molecule has 1 rings (SSSR count). The number of hydrogen-bond donors (Lipinski definition) is 3. The van der Waals surface area contributed by atoms with Gasteiger partial charge in [0.25, 0.3) is 0 Å². The predicted molar refractivity (Wildman–Crippen MR) is 49.2 cm³/mol. The fourth-order valence-electron chi connectivity index (χ4n) is 1.17. The van der Waals surface area contributed by atoms with Crippen LogP contribution in [0.3, 0.4) is 0 Å². The Labute approximate surface area is 85.8 Å². The lowest BCUT2D eigenvalue weighted by atomic mass is 10.0. The van der Waals surface area contributed by atoms with Gasteiger partial charge in [-0.15, -0.1) is 0 Å². The van der Waals surface area contributed by atoms with Crippen molar-refractivity contribution in [1.29, 1.82) is 5.26 Å². The first-order valence-corrected chi connectivity index (χ1v) is 4.26. The van der Waals surface area contributed by atoms with Crippen LogP contribution in [0.25, 0.3) is 0 Å². The van der Waals surface area contributed by atoms with E-state index in [0.29, 0.717) is 0 Å². The zero-order chi connectivity index (χ0) is 11.4. The summed E-state index contributed by atoms with van der Waals surface area (Å²) in [4.78, 5) is 0. The number of benzene rings is 1. The molecule has 0 spiro atoms.